The first kappa shape index (κ1) is 12.7. The van der Waals surface area contributed by atoms with Crippen LogP contribution >= 0.6 is 0 Å². The largest absolute Gasteiger partial charge is 0.478 e. The summed E-state index contributed by atoms with van der Waals surface area (Å²) in [7, 11) is 0. The van der Waals surface area contributed by atoms with Gasteiger partial charge in [-0.3, -0.25) is 0 Å². The van der Waals surface area contributed by atoms with Gasteiger partial charge in [0.2, 0.25) is 0 Å². The zero-order valence-electron chi connectivity index (χ0n) is 10.2. The van der Waals surface area contributed by atoms with E-state index in [0.717, 1.165) is 31.6 Å². The Kier molecular flexibility index (Phi) is 3.72. The maximum atomic E-state index is 11.0. The Morgan fingerprint density at radius 3 is 2.94 bits per heavy atom. The number of rotatable bonds is 4. The Balaban J connectivity index is 2.15. The van der Waals surface area contributed by atoms with Crippen molar-refractivity contribution in [3.63, 3.8) is 0 Å². The number of nitrogens with zero attached hydrogens (tertiary/aromatic N) is 1. The van der Waals surface area contributed by atoms with E-state index < -0.39 is 5.97 Å². The molecule has 0 saturated carbocycles. The lowest BCUT2D eigenvalue weighted by Gasteiger charge is -2.19. The predicted molar refractivity (Wildman–Crippen MR) is 69.8 cm³/mol. The number of nitrogen functional groups attached to an aromatic ring is 1. The Bertz CT molecular complexity index is 448. The molecule has 0 bridgehead atoms. The summed E-state index contributed by atoms with van der Waals surface area (Å²) in [6, 6.07) is 5.11. The van der Waals surface area contributed by atoms with Gasteiger partial charge in [0.05, 0.1) is 5.56 Å². The molecule has 1 aromatic carbocycles. The Morgan fingerprint density at radius 1 is 1.50 bits per heavy atom. The van der Waals surface area contributed by atoms with Crippen molar-refractivity contribution in [2.45, 2.75) is 12.8 Å². The number of aliphatic hydroxyl groups excluding tert-OH is 1. The molecule has 0 radical (unpaired) electrons. The fourth-order valence-corrected chi connectivity index (χ4v) is 2.41. The number of carbonyl (C=O) groups is 1. The van der Waals surface area contributed by atoms with Crippen LogP contribution in [0.15, 0.2) is 18.2 Å². The van der Waals surface area contributed by atoms with Gasteiger partial charge in [-0.15, -0.1) is 0 Å². The number of benzene rings is 1. The highest BCUT2D eigenvalue weighted by molar-refractivity contribution is 5.94. The molecule has 1 fully saturated rings. The third-order valence-electron chi connectivity index (χ3n) is 3.46. The Morgan fingerprint density at radius 2 is 2.28 bits per heavy atom. The van der Waals surface area contributed by atoms with E-state index in [4.69, 9.17) is 15.9 Å². The van der Waals surface area contributed by atoms with Crippen molar-refractivity contribution in [3.05, 3.63) is 23.8 Å². The average Bonchev–Trinajstić information content (AvgIpc) is 2.78. The second-order valence-corrected chi connectivity index (χ2v) is 4.69. The van der Waals surface area contributed by atoms with Gasteiger partial charge in [0.25, 0.3) is 0 Å². The number of hydrogen-bond donors (Lipinski definition) is 3. The highest BCUT2D eigenvalue weighted by atomic mass is 16.4. The van der Waals surface area contributed by atoms with Gasteiger partial charge in [-0.25, -0.2) is 4.79 Å². The van der Waals surface area contributed by atoms with Crippen LogP contribution in [0.2, 0.25) is 0 Å². The maximum Gasteiger partial charge on any atom is 0.337 e. The molecule has 1 heterocycles. The summed E-state index contributed by atoms with van der Waals surface area (Å²) in [5.74, 6) is -0.513. The van der Waals surface area contributed by atoms with Gasteiger partial charge < -0.3 is 20.8 Å². The zero-order valence-corrected chi connectivity index (χ0v) is 10.2. The highest BCUT2D eigenvalue weighted by Gasteiger charge is 2.23. The number of aliphatic hydroxyl groups is 1. The van der Waals surface area contributed by atoms with E-state index in [1.165, 1.54) is 0 Å². The summed E-state index contributed by atoms with van der Waals surface area (Å²) in [6.07, 6.45) is 1.84. The molecule has 18 heavy (non-hydrogen) atoms. The van der Waals surface area contributed by atoms with Crippen LogP contribution in [-0.4, -0.2) is 35.9 Å². The maximum absolute atomic E-state index is 11.0. The first-order valence-corrected chi connectivity index (χ1v) is 6.10. The summed E-state index contributed by atoms with van der Waals surface area (Å²) < 4.78 is 0. The monoisotopic (exact) mass is 250 g/mol. The Labute approximate surface area is 106 Å². The molecule has 1 atom stereocenters. The van der Waals surface area contributed by atoms with Gasteiger partial charge in [-0.05, 0) is 37.0 Å². The highest BCUT2D eigenvalue weighted by Crippen LogP contribution is 2.28. The third-order valence-corrected chi connectivity index (χ3v) is 3.46. The quantitative estimate of drug-likeness (QED) is 0.698. The molecule has 0 amide bonds. The zero-order chi connectivity index (χ0) is 13.1. The fourth-order valence-electron chi connectivity index (χ4n) is 2.41. The summed E-state index contributed by atoms with van der Waals surface area (Å²) in [4.78, 5) is 13.2. The normalized spacial score (nSPS) is 19.2. The Hall–Kier alpha value is -1.75. The van der Waals surface area contributed by atoms with Gasteiger partial charge in [0.1, 0.15) is 0 Å². The standard InChI is InChI=1S/C13H18N2O3/c14-12-2-1-10(7-11(12)13(17)18)15-5-3-9(8-15)4-6-16/h1-2,7,9,16H,3-6,8,14H2,(H,17,18). The van der Waals surface area contributed by atoms with Crippen LogP contribution in [0.1, 0.15) is 23.2 Å². The van der Waals surface area contributed by atoms with Crippen LogP contribution in [0.25, 0.3) is 0 Å². The van der Waals surface area contributed by atoms with Gasteiger partial charge in [-0.1, -0.05) is 0 Å². The topological polar surface area (TPSA) is 86.8 Å². The summed E-state index contributed by atoms with van der Waals surface area (Å²) >= 11 is 0. The summed E-state index contributed by atoms with van der Waals surface area (Å²) in [6.45, 7) is 1.97. The second-order valence-electron chi connectivity index (χ2n) is 4.69. The molecule has 1 saturated heterocycles. The average molecular weight is 250 g/mol. The van der Waals surface area contributed by atoms with E-state index in [1.807, 2.05) is 6.07 Å². The number of hydrogen-bond acceptors (Lipinski definition) is 4. The lowest BCUT2D eigenvalue weighted by molar-refractivity contribution is 0.0698. The minimum Gasteiger partial charge on any atom is -0.478 e. The number of aromatic carboxylic acids is 1. The van der Waals surface area contributed by atoms with E-state index in [0.29, 0.717) is 5.92 Å². The van der Waals surface area contributed by atoms with E-state index in [2.05, 4.69) is 4.90 Å². The van der Waals surface area contributed by atoms with E-state index in [9.17, 15) is 4.79 Å². The molecule has 0 spiro atoms. The molecule has 1 aromatic rings. The number of anilines is 2. The van der Waals surface area contributed by atoms with Crippen molar-refractivity contribution in [3.8, 4) is 0 Å². The SMILES string of the molecule is Nc1ccc(N2CCC(CCO)C2)cc1C(=O)O. The van der Waals surface area contributed by atoms with Gasteiger partial charge in [0, 0.05) is 31.1 Å². The van der Waals surface area contributed by atoms with Gasteiger partial charge in [0.15, 0.2) is 0 Å². The molecular weight excluding hydrogens is 232 g/mol. The van der Waals surface area contributed by atoms with Crippen molar-refractivity contribution in [1.29, 1.82) is 0 Å². The smallest absolute Gasteiger partial charge is 0.337 e. The molecule has 1 unspecified atom stereocenters. The van der Waals surface area contributed by atoms with Gasteiger partial charge in [-0.2, -0.15) is 0 Å². The van der Waals surface area contributed by atoms with Crippen molar-refractivity contribution in [2.24, 2.45) is 5.92 Å². The molecule has 98 valence electrons. The lowest BCUT2D eigenvalue weighted by atomic mass is 10.1. The molecule has 5 heteroatoms. The van der Waals surface area contributed by atoms with E-state index in [-0.39, 0.29) is 17.9 Å². The van der Waals surface area contributed by atoms with Crippen LogP contribution in [0.4, 0.5) is 11.4 Å². The van der Waals surface area contributed by atoms with Crippen molar-refractivity contribution in [2.75, 3.05) is 30.3 Å². The molecule has 1 aliphatic heterocycles. The molecular formula is C13H18N2O3. The van der Waals surface area contributed by atoms with Crippen LogP contribution in [0, 0.1) is 5.92 Å². The van der Waals surface area contributed by atoms with E-state index >= 15 is 0 Å². The minimum absolute atomic E-state index is 0.151. The fraction of sp³-hybridized carbons (Fsp3) is 0.462. The molecule has 5 nitrogen and oxygen atoms in total. The minimum atomic E-state index is -1.000. The van der Waals surface area contributed by atoms with Crippen molar-refractivity contribution >= 4 is 17.3 Å². The van der Waals surface area contributed by atoms with E-state index in [1.54, 1.807) is 12.1 Å². The first-order chi connectivity index (χ1) is 8.61. The lowest BCUT2D eigenvalue weighted by Crippen LogP contribution is -2.20. The van der Waals surface area contributed by atoms with Crippen molar-refractivity contribution < 1.29 is 15.0 Å². The predicted octanol–water partition coefficient (Wildman–Crippen LogP) is 1.18. The van der Waals surface area contributed by atoms with Crippen LogP contribution in [-0.2, 0) is 0 Å². The molecule has 4 N–H and O–H groups in total. The number of carboxylic acids is 1. The number of carboxylic acid groups (broad SMARTS) is 1. The molecule has 2 rings (SSSR count). The van der Waals surface area contributed by atoms with Crippen LogP contribution in [0.5, 0.6) is 0 Å². The molecule has 0 aliphatic carbocycles. The summed E-state index contributed by atoms with van der Waals surface area (Å²) in [5, 5.41) is 18.0. The van der Waals surface area contributed by atoms with Crippen LogP contribution < -0.4 is 10.6 Å². The summed E-state index contributed by atoms with van der Waals surface area (Å²) in [5.41, 5.74) is 6.96. The number of nitrogens with two attached hydrogens (primary N) is 1. The second kappa shape index (κ2) is 5.27. The van der Waals surface area contributed by atoms with Crippen LogP contribution in [0.3, 0.4) is 0 Å². The molecule has 1 aliphatic rings. The van der Waals surface area contributed by atoms with Gasteiger partial charge >= 0.3 is 5.97 Å². The van der Waals surface area contributed by atoms with Crippen molar-refractivity contribution in [1.82, 2.24) is 0 Å². The molecule has 0 aromatic heterocycles. The third kappa shape index (κ3) is 2.56. The first-order valence-electron chi connectivity index (χ1n) is 6.10.